The van der Waals surface area contributed by atoms with Gasteiger partial charge in [-0.25, -0.2) is 0 Å². The van der Waals surface area contributed by atoms with Crippen LogP contribution in [0, 0.1) is 0 Å². The topological polar surface area (TPSA) is 35.5 Å². The minimum Gasteiger partial charge on any atom is -0.400 e. The fourth-order valence-corrected chi connectivity index (χ4v) is 1.10. The van der Waals surface area contributed by atoms with Gasteiger partial charge < -0.3 is 9.31 Å². The third-order valence-electron chi connectivity index (χ3n) is 2.62. The summed E-state index contributed by atoms with van der Waals surface area (Å²) < 4.78 is 11.2. The van der Waals surface area contributed by atoms with Gasteiger partial charge in [0.15, 0.2) is 0 Å². The largest absolute Gasteiger partial charge is 0.487 e. The van der Waals surface area contributed by atoms with Crippen LogP contribution in [0.5, 0.6) is 0 Å². The average molecular weight is 182 g/mol. The molecule has 0 amide bonds. The van der Waals surface area contributed by atoms with Crippen molar-refractivity contribution in [1.82, 2.24) is 0 Å². The highest BCUT2D eigenvalue weighted by atomic mass is 16.7. The zero-order valence-electron chi connectivity index (χ0n) is 8.53. The molecule has 0 aromatic carbocycles. The Morgan fingerprint density at radius 1 is 1.08 bits per heavy atom. The third kappa shape index (κ3) is 2.01. The first-order valence-corrected chi connectivity index (χ1v) is 4.37. The second-order valence-electron chi connectivity index (χ2n) is 4.15. The van der Waals surface area contributed by atoms with Crippen molar-refractivity contribution in [2.24, 2.45) is 0 Å². The fraction of sp³-hybridized carbons (Fsp3) is 0.667. The van der Waals surface area contributed by atoms with E-state index in [-0.39, 0.29) is 11.2 Å². The highest BCUT2D eigenvalue weighted by Gasteiger charge is 2.49. The summed E-state index contributed by atoms with van der Waals surface area (Å²) in [5.41, 5.74) is -0.657. The van der Waals surface area contributed by atoms with Gasteiger partial charge in [0.1, 0.15) is 6.29 Å². The summed E-state index contributed by atoms with van der Waals surface area (Å²) >= 11 is 0. The van der Waals surface area contributed by atoms with E-state index in [1.54, 1.807) is 5.98 Å². The van der Waals surface area contributed by atoms with Crippen LogP contribution in [0.4, 0.5) is 0 Å². The van der Waals surface area contributed by atoms with E-state index in [2.05, 4.69) is 0 Å². The molecule has 1 aliphatic rings. The van der Waals surface area contributed by atoms with Crippen molar-refractivity contribution in [2.75, 3.05) is 0 Å². The molecule has 0 N–H and O–H groups in total. The van der Waals surface area contributed by atoms with Crippen LogP contribution in [0.25, 0.3) is 0 Å². The highest BCUT2D eigenvalue weighted by molar-refractivity contribution is 6.52. The molecule has 0 aromatic heterocycles. The Morgan fingerprint density at radius 3 is 1.92 bits per heavy atom. The normalized spacial score (nSPS) is 25.4. The minimum atomic E-state index is -0.407. The number of carbonyl (C=O) groups is 1. The maximum absolute atomic E-state index is 10.1. The SMILES string of the molecule is CC1(C)OB(C=CC=O)OC1(C)C. The van der Waals surface area contributed by atoms with Gasteiger partial charge in [-0.15, -0.1) is 0 Å². The Hall–Kier alpha value is -0.605. The van der Waals surface area contributed by atoms with Gasteiger partial charge in [0.2, 0.25) is 0 Å². The molecule has 3 nitrogen and oxygen atoms in total. The van der Waals surface area contributed by atoms with Gasteiger partial charge in [0.25, 0.3) is 0 Å². The van der Waals surface area contributed by atoms with E-state index in [0.29, 0.717) is 6.29 Å². The minimum absolute atomic E-state index is 0.328. The first-order valence-electron chi connectivity index (χ1n) is 4.37. The predicted molar refractivity (Wildman–Crippen MR) is 51.3 cm³/mol. The summed E-state index contributed by atoms with van der Waals surface area (Å²) in [5, 5.41) is 0. The molecule has 4 heteroatoms. The standard InChI is InChI=1S/C9H15BO3/c1-8(2)9(3,4)13-10(12-8)6-5-7-11/h5-7H,1-4H3. The van der Waals surface area contributed by atoms with Gasteiger partial charge >= 0.3 is 7.12 Å². The van der Waals surface area contributed by atoms with Crippen LogP contribution in [0.3, 0.4) is 0 Å². The van der Waals surface area contributed by atoms with E-state index < -0.39 is 7.12 Å². The third-order valence-corrected chi connectivity index (χ3v) is 2.62. The highest BCUT2D eigenvalue weighted by Crippen LogP contribution is 2.36. The Balaban J connectivity index is 2.70. The van der Waals surface area contributed by atoms with Crippen LogP contribution in [0.2, 0.25) is 0 Å². The van der Waals surface area contributed by atoms with Crippen LogP contribution in [-0.4, -0.2) is 24.6 Å². The Labute approximate surface area is 79.2 Å². The molecular weight excluding hydrogens is 167 g/mol. The van der Waals surface area contributed by atoms with E-state index in [1.165, 1.54) is 6.08 Å². The summed E-state index contributed by atoms with van der Waals surface area (Å²) in [4.78, 5) is 10.1. The number of hydrogen-bond acceptors (Lipinski definition) is 3. The zero-order valence-corrected chi connectivity index (χ0v) is 8.53. The average Bonchev–Trinajstić information content (AvgIpc) is 2.17. The quantitative estimate of drug-likeness (QED) is 0.367. The summed E-state index contributed by atoms with van der Waals surface area (Å²) in [6, 6.07) is 0. The van der Waals surface area contributed by atoms with Crippen LogP contribution in [0.1, 0.15) is 27.7 Å². The van der Waals surface area contributed by atoms with Gasteiger partial charge in [0, 0.05) is 0 Å². The molecule has 1 saturated heterocycles. The van der Waals surface area contributed by atoms with Gasteiger partial charge in [0.05, 0.1) is 11.2 Å². The Bertz CT molecular complexity index is 217. The van der Waals surface area contributed by atoms with Gasteiger partial charge in [-0.05, 0) is 33.8 Å². The second-order valence-corrected chi connectivity index (χ2v) is 4.15. The van der Waals surface area contributed by atoms with E-state index in [9.17, 15) is 4.79 Å². The van der Waals surface area contributed by atoms with E-state index in [0.717, 1.165) is 0 Å². The molecule has 1 fully saturated rings. The first-order chi connectivity index (χ1) is 5.89. The smallest absolute Gasteiger partial charge is 0.400 e. The van der Waals surface area contributed by atoms with Crippen molar-refractivity contribution >= 4 is 13.4 Å². The Morgan fingerprint density at radius 2 is 1.54 bits per heavy atom. The molecule has 1 rings (SSSR count). The fourth-order valence-electron chi connectivity index (χ4n) is 1.10. The molecule has 0 bridgehead atoms. The van der Waals surface area contributed by atoms with Crippen molar-refractivity contribution < 1.29 is 14.1 Å². The molecular formula is C9H15BO3. The predicted octanol–water partition coefficient (Wildman–Crippen LogP) is 1.37. The number of allylic oxidation sites excluding steroid dienone is 1. The van der Waals surface area contributed by atoms with Gasteiger partial charge in [-0.2, -0.15) is 0 Å². The Kier molecular flexibility index (Phi) is 2.64. The molecule has 13 heavy (non-hydrogen) atoms. The number of rotatable bonds is 2. The molecule has 0 aliphatic carbocycles. The molecule has 0 aromatic rings. The van der Waals surface area contributed by atoms with E-state index in [4.69, 9.17) is 9.31 Å². The summed E-state index contributed by atoms with van der Waals surface area (Å²) in [6.45, 7) is 7.90. The number of aldehydes is 1. The maximum Gasteiger partial charge on any atom is 0.487 e. The van der Waals surface area contributed by atoms with E-state index >= 15 is 0 Å². The molecule has 1 aliphatic heterocycles. The van der Waals surface area contributed by atoms with Crippen LogP contribution >= 0.6 is 0 Å². The number of carbonyl (C=O) groups excluding carboxylic acids is 1. The number of hydrogen-bond donors (Lipinski definition) is 0. The van der Waals surface area contributed by atoms with Gasteiger partial charge in [-0.1, -0.05) is 5.98 Å². The van der Waals surface area contributed by atoms with Crippen LogP contribution in [0.15, 0.2) is 12.1 Å². The van der Waals surface area contributed by atoms with Crippen molar-refractivity contribution in [3.05, 3.63) is 12.1 Å². The lowest BCUT2D eigenvalue weighted by Crippen LogP contribution is -2.41. The molecule has 0 atom stereocenters. The van der Waals surface area contributed by atoms with Crippen molar-refractivity contribution in [3.63, 3.8) is 0 Å². The lowest BCUT2D eigenvalue weighted by atomic mass is 9.90. The summed E-state index contributed by atoms with van der Waals surface area (Å²) in [7, 11) is -0.407. The second kappa shape index (κ2) is 3.27. The zero-order chi connectivity index (χ0) is 10.1. The molecule has 0 spiro atoms. The molecule has 72 valence electrons. The molecule has 0 unspecified atom stereocenters. The van der Waals surface area contributed by atoms with Gasteiger partial charge in [-0.3, -0.25) is 4.79 Å². The lowest BCUT2D eigenvalue weighted by molar-refractivity contribution is -0.104. The monoisotopic (exact) mass is 182 g/mol. The van der Waals surface area contributed by atoms with Crippen molar-refractivity contribution in [3.8, 4) is 0 Å². The van der Waals surface area contributed by atoms with Crippen molar-refractivity contribution in [1.29, 1.82) is 0 Å². The van der Waals surface area contributed by atoms with Crippen molar-refractivity contribution in [2.45, 2.75) is 38.9 Å². The first kappa shape index (κ1) is 10.5. The van der Waals surface area contributed by atoms with E-state index in [1.807, 2.05) is 27.7 Å². The maximum atomic E-state index is 10.1. The van der Waals surface area contributed by atoms with Crippen LogP contribution < -0.4 is 0 Å². The lowest BCUT2D eigenvalue weighted by Gasteiger charge is -2.32. The molecule has 1 heterocycles. The summed E-state index contributed by atoms with van der Waals surface area (Å²) in [6.07, 6.45) is 2.10. The molecule has 0 saturated carbocycles. The summed E-state index contributed by atoms with van der Waals surface area (Å²) in [5.74, 6) is 1.61. The van der Waals surface area contributed by atoms with Crippen LogP contribution in [-0.2, 0) is 14.1 Å². The molecule has 0 radical (unpaired) electrons.